The molecule has 2 aromatic rings. The standard InChI is InChI=1S/C22H27Cl/c1-21(2,3)17-8-7-14-9-15-10-16(13-23)20(22(4,5)6)12-19(15)18(14)11-17/h7-8,10-12H,9,13H2,1-6H3. The Morgan fingerprint density at radius 3 is 2.04 bits per heavy atom. The van der Waals surface area contributed by atoms with Gasteiger partial charge in [0.2, 0.25) is 0 Å². The quantitative estimate of drug-likeness (QED) is 0.442. The Morgan fingerprint density at radius 1 is 0.826 bits per heavy atom. The molecule has 0 nitrogen and oxygen atoms in total. The third-order valence-corrected chi connectivity index (χ3v) is 5.22. The second-order valence-electron chi connectivity index (χ2n) is 8.85. The van der Waals surface area contributed by atoms with Crippen LogP contribution in [0.2, 0.25) is 0 Å². The number of hydrogen-bond donors (Lipinski definition) is 0. The molecule has 1 aliphatic carbocycles. The fraction of sp³-hybridized carbons (Fsp3) is 0.455. The van der Waals surface area contributed by atoms with Crippen LogP contribution in [0, 0.1) is 0 Å². The van der Waals surface area contributed by atoms with Gasteiger partial charge in [-0.3, -0.25) is 0 Å². The lowest BCUT2D eigenvalue weighted by atomic mass is 9.81. The van der Waals surface area contributed by atoms with Gasteiger partial charge in [0.1, 0.15) is 0 Å². The zero-order valence-corrected chi connectivity index (χ0v) is 15.9. The van der Waals surface area contributed by atoms with Crippen molar-refractivity contribution in [3.63, 3.8) is 0 Å². The van der Waals surface area contributed by atoms with Crippen LogP contribution < -0.4 is 0 Å². The Bertz CT molecular complexity index is 755. The topological polar surface area (TPSA) is 0 Å². The molecule has 0 spiro atoms. The zero-order chi connectivity index (χ0) is 17.0. The van der Waals surface area contributed by atoms with Gasteiger partial charge in [0.25, 0.3) is 0 Å². The Balaban J connectivity index is 2.20. The minimum Gasteiger partial charge on any atom is -0.122 e. The van der Waals surface area contributed by atoms with E-state index in [1.807, 2.05) is 0 Å². The molecule has 3 rings (SSSR count). The number of halogens is 1. The van der Waals surface area contributed by atoms with Crippen molar-refractivity contribution >= 4 is 11.6 Å². The molecule has 1 heteroatoms. The highest BCUT2D eigenvalue weighted by molar-refractivity contribution is 6.17. The fourth-order valence-electron chi connectivity index (χ4n) is 3.55. The van der Waals surface area contributed by atoms with Gasteiger partial charge in [-0.2, -0.15) is 0 Å². The van der Waals surface area contributed by atoms with Crippen LogP contribution in [0.25, 0.3) is 11.1 Å². The first kappa shape index (κ1) is 16.6. The molecule has 0 N–H and O–H groups in total. The van der Waals surface area contributed by atoms with Crippen molar-refractivity contribution in [1.29, 1.82) is 0 Å². The zero-order valence-electron chi connectivity index (χ0n) is 15.2. The Kier molecular flexibility index (Phi) is 3.88. The monoisotopic (exact) mass is 326 g/mol. The molecule has 0 amide bonds. The van der Waals surface area contributed by atoms with Crippen LogP contribution >= 0.6 is 11.6 Å². The molecule has 2 aromatic carbocycles. The summed E-state index contributed by atoms with van der Waals surface area (Å²) < 4.78 is 0. The van der Waals surface area contributed by atoms with Gasteiger partial charge < -0.3 is 0 Å². The summed E-state index contributed by atoms with van der Waals surface area (Å²) in [7, 11) is 0. The number of benzene rings is 2. The van der Waals surface area contributed by atoms with E-state index in [0.717, 1.165) is 6.42 Å². The number of alkyl halides is 1. The molecular formula is C22H27Cl. The highest BCUT2D eigenvalue weighted by atomic mass is 35.5. The van der Waals surface area contributed by atoms with Crippen molar-refractivity contribution in [3.8, 4) is 11.1 Å². The van der Waals surface area contributed by atoms with Crippen LogP contribution in [-0.4, -0.2) is 0 Å². The normalized spacial score (nSPS) is 13.9. The first-order valence-corrected chi connectivity index (χ1v) is 9.01. The molecule has 0 atom stereocenters. The SMILES string of the molecule is CC(C)(C)c1ccc2c(c1)-c1cc(C(C)(C)C)c(CCl)cc1C2. The van der Waals surface area contributed by atoms with Crippen molar-refractivity contribution in [3.05, 3.63) is 58.1 Å². The number of hydrogen-bond acceptors (Lipinski definition) is 0. The van der Waals surface area contributed by atoms with E-state index in [-0.39, 0.29) is 10.8 Å². The summed E-state index contributed by atoms with van der Waals surface area (Å²) in [5.41, 5.74) is 10.0. The van der Waals surface area contributed by atoms with Crippen molar-refractivity contribution in [2.75, 3.05) is 0 Å². The molecule has 0 saturated carbocycles. The Labute approximate surface area is 145 Å². The summed E-state index contributed by atoms with van der Waals surface area (Å²) in [6, 6.07) is 11.7. The van der Waals surface area contributed by atoms with Gasteiger partial charge in [-0.05, 0) is 56.2 Å². The average Bonchev–Trinajstić information content (AvgIpc) is 2.80. The van der Waals surface area contributed by atoms with Crippen molar-refractivity contribution in [1.82, 2.24) is 0 Å². The van der Waals surface area contributed by atoms with Gasteiger partial charge >= 0.3 is 0 Å². The van der Waals surface area contributed by atoms with E-state index in [2.05, 4.69) is 71.9 Å². The highest BCUT2D eigenvalue weighted by Gasteiger charge is 2.26. The van der Waals surface area contributed by atoms with Crippen LogP contribution in [0.1, 0.15) is 69.4 Å². The lowest BCUT2D eigenvalue weighted by Crippen LogP contribution is -2.14. The lowest BCUT2D eigenvalue weighted by Gasteiger charge is -2.24. The smallest absolute Gasteiger partial charge is 0.0477 e. The van der Waals surface area contributed by atoms with E-state index < -0.39 is 0 Å². The molecule has 0 aliphatic heterocycles. The maximum atomic E-state index is 6.24. The lowest BCUT2D eigenvalue weighted by molar-refractivity contribution is 0.585. The van der Waals surface area contributed by atoms with E-state index in [1.54, 1.807) is 0 Å². The van der Waals surface area contributed by atoms with Gasteiger partial charge in [0.05, 0.1) is 0 Å². The van der Waals surface area contributed by atoms with Crippen molar-refractivity contribution in [2.24, 2.45) is 0 Å². The van der Waals surface area contributed by atoms with Crippen LogP contribution in [0.4, 0.5) is 0 Å². The molecule has 0 unspecified atom stereocenters. The molecule has 23 heavy (non-hydrogen) atoms. The third kappa shape index (κ3) is 2.94. The molecule has 0 heterocycles. The maximum absolute atomic E-state index is 6.24. The third-order valence-electron chi connectivity index (χ3n) is 4.93. The van der Waals surface area contributed by atoms with Crippen molar-refractivity contribution in [2.45, 2.75) is 64.7 Å². The molecule has 0 bridgehead atoms. The van der Waals surface area contributed by atoms with E-state index >= 15 is 0 Å². The summed E-state index contributed by atoms with van der Waals surface area (Å²) in [6.07, 6.45) is 1.03. The molecule has 0 aromatic heterocycles. The van der Waals surface area contributed by atoms with Crippen LogP contribution in [0.15, 0.2) is 30.3 Å². The van der Waals surface area contributed by atoms with Gasteiger partial charge in [0.15, 0.2) is 0 Å². The largest absolute Gasteiger partial charge is 0.122 e. The predicted octanol–water partition coefficient (Wildman–Crippen LogP) is 6.59. The van der Waals surface area contributed by atoms with E-state index in [4.69, 9.17) is 11.6 Å². The average molecular weight is 327 g/mol. The van der Waals surface area contributed by atoms with E-state index in [9.17, 15) is 0 Å². The fourth-order valence-corrected chi connectivity index (χ4v) is 3.78. The highest BCUT2D eigenvalue weighted by Crippen LogP contribution is 2.42. The summed E-state index contributed by atoms with van der Waals surface area (Å²) in [6.45, 7) is 13.6. The molecule has 0 saturated heterocycles. The molecule has 1 aliphatic rings. The molecule has 0 radical (unpaired) electrons. The van der Waals surface area contributed by atoms with Gasteiger partial charge in [-0.1, -0.05) is 71.9 Å². The summed E-state index contributed by atoms with van der Waals surface area (Å²) in [5.74, 6) is 0.587. The van der Waals surface area contributed by atoms with Crippen LogP contribution in [0.5, 0.6) is 0 Å². The molecule has 0 fully saturated rings. The summed E-state index contributed by atoms with van der Waals surface area (Å²) in [5, 5.41) is 0. The summed E-state index contributed by atoms with van der Waals surface area (Å²) >= 11 is 6.24. The molecule has 122 valence electrons. The predicted molar refractivity (Wildman–Crippen MR) is 102 cm³/mol. The maximum Gasteiger partial charge on any atom is 0.0477 e. The van der Waals surface area contributed by atoms with Crippen LogP contribution in [-0.2, 0) is 23.1 Å². The van der Waals surface area contributed by atoms with Crippen molar-refractivity contribution < 1.29 is 0 Å². The van der Waals surface area contributed by atoms with Gasteiger partial charge in [-0.15, -0.1) is 11.6 Å². The number of fused-ring (bicyclic) bond motifs is 3. The second-order valence-corrected chi connectivity index (χ2v) is 9.12. The van der Waals surface area contributed by atoms with E-state index in [1.165, 1.54) is 38.9 Å². The number of rotatable bonds is 1. The first-order valence-electron chi connectivity index (χ1n) is 8.47. The van der Waals surface area contributed by atoms with Gasteiger partial charge in [0, 0.05) is 5.88 Å². The molecular weight excluding hydrogens is 300 g/mol. The Morgan fingerprint density at radius 2 is 1.48 bits per heavy atom. The second kappa shape index (κ2) is 5.38. The van der Waals surface area contributed by atoms with E-state index in [0.29, 0.717) is 5.88 Å². The van der Waals surface area contributed by atoms with Gasteiger partial charge in [-0.25, -0.2) is 0 Å². The minimum absolute atomic E-state index is 0.115. The first-order chi connectivity index (χ1) is 10.6. The summed E-state index contributed by atoms with van der Waals surface area (Å²) in [4.78, 5) is 0. The van der Waals surface area contributed by atoms with Crippen LogP contribution in [0.3, 0.4) is 0 Å². The Hall–Kier alpha value is -1.27. The minimum atomic E-state index is 0.115.